The van der Waals surface area contributed by atoms with Crippen molar-refractivity contribution in [2.24, 2.45) is 0 Å². The number of hydrogen-bond donors (Lipinski definition) is 2. The van der Waals surface area contributed by atoms with Gasteiger partial charge in [0.05, 0.1) is 27.8 Å². The van der Waals surface area contributed by atoms with Crippen LogP contribution in [0.5, 0.6) is 0 Å². The average molecular weight is 551 g/mol. The van der Waals surface area contributed by atoms with Crippen molar-refractivity contribution in [2.75, 3.05) is 10.6 Å². The molecule has 0 aliphatic rings. The summed E-state index contributed by atoms with van der Waals surface area (Å²) in [5, 5.41) is 4.13. The Balaban J connectivity index is 1.79. The second-order valence-corrected chi connectivity index (χ2v) is 8.15. The Hall–Kier alpha value is -3.67. The first-order valence-electron chi connectivity index (χ1n) is 10.2. The van der Waals surface area contributed by atoms with E-state index in [2.05, 4.69) is 10.6 Å². The molecular formula is C24H15ClF8N2O2. The Morgan fingerprint density at radius 1 is 0.865 bits per heavy atom. The second kappa shape index (κ2) is 10.8. The van der Waals surface area contributed by atoms with Gasteiger partial charge >= 0.3 is 12.4 Å². The summed E-state index contributed by atoms with van der Waals surface area (Å²) in [5.74, 6) is -6.70. The maximum absolute atomic E-state index is 13.8. The summed E-state index contributed by atoms with van der Waals surface area (Å²) in [6.07, 6.45) is -11.2. The number of alkyl halides is 6. The van der Waals surface area contributed by atoms with Crippen molar-refractivity contribution in [1.29, 1.82) is 0 Å². The number of nitrogens with one attached hydrogen (secondary N) is 2. The minimum absolute atomic E-state index is 0.157. The highest BCUT2D eigenvalue weighted by Crippen LogP contribution is 2.40. The molecule has 0 unspecified atom stereocenters. The van der Waals surface area contributed by atoms with Crippen LogP contribution in [-0.4, -0.2) is 18.0 Å². The molecule has 0 aromatic heterocycles. The molecule has 0 bridgehead atoms. The van der Waals surface area contributed by atoms with E-state index in [0.29, 0.717) is 18.2 Å². The highest BCUT2D eigenvalue weighted by atomic mass is 35.5. The molecule has 4 nitrogen and oxygen atoms in total. The molecule has 1 atom stereocenters. The molecule has 3 aromatic rings. The predicted molar refractivity (Wildman–Crippen MR) is 119 cm³/mol. The smallest absolute Gasteiger partial charge is 0.326 e. The van der Waals surface area contributed by atoms with Crippen LogP contribution in [0.1, 0.15) is 33.8 Å². The molecule has 0 heterocycles. The van der Waals surface area contributed by atoms with Crippen LogP contribution in [0.15, 0.2) is 60.7 Å². The Morgan fingerprint density at radius 2 is 1.57 bits per heavy atom. The third-order valence-electron chi connectivity index (χ3n) is 5.08. The summed E-state index contributed by atoms with van der Waals surface area (Å²) in [4.78, 5) is 24.9. The van der Waals surface area contributed by atoms with Crippen LogP contribution >= 0.6 is 11.6 Å². The van der Waals surface area contributed by atoms with E-state index in [-0.39, 0.29) is 22.0 Å². The normalized spacial score (nSPS) is 12.7. The molecule has 3 aromatic carbocycles. The molecule has 13 heteroatoms. The summed E-state index contributed by atoms with van der Waals surface area (Å²) < 4.78 is 107. The summed E-state index contributed by atoms with van der Waals surface area (Å²) in [6, 6.07) is 8.25. The quantitative estimate of drug-likeness (QED) is 0.311. The Labute approximate surface area is 209 Å². The monoisotopic (exact) mass is 550 g/mol. The lowest BCUT2D eigenvalue weighted by atomic mass is 9.93. The van der Waals surface area contributed by atoms with Crippen molar-refractivity contribution in [3.63, 3.8) is 0 Å². The van der Waals surface area contributed by atoms with Crippen LogP contribution in [0.25, 0.3) is 0 Å². The van der Waals surface area contributed by atoms with Gasteiger partial charge in [-0.2, -0.15) is 26.3 Å². The van der Waals surface area contributed by atoms with E-state index in [9.17, 15) is 44.7 Å². The van der Waals surface area contributed by atoms with Gasteiger partial charge in [0, 0.05) is 18.2 Å². The standard InChI is InChI=1S/C24H15ClF8N2O2/c25-18-6-5-15(10-16(18)22(37)35-20-7-4-14(26)9-19(20)27)34-21(36)11-17(24(31,32)33)12-2-1-3-13(8-12)23(28,29)30/h1-10,17H,11H2,(H,34,36)(H,35,37)/t17-/m0/s1. The van der Waals surface area contributed by atoms with Gasteiger partial charge in [-0.3, -0.25) is 9.59 Å². The average Bonchev–Trinajstić information content (AvgIpc) is 2.79. The van der Waals surface area contributed by atoms with Gasteiger partial charge in [0.2, 0.25) is 5.91 Å². The van der Waals surface area contributed by atoms with Gasteiger partial charge in [0.25, 0.3) is 5.91 Å². The number of hydrogen-bond acceptors (Lipinski definition) is 2. The fourth-order valence-corrected chi connectivity index (χ4v) is 3.51. The molecule has 2 N–H and O–H groups in total. The fraction of sp³-hybridized carbons (Fsp3) is 0.167. The number of benzene rings is 3. The molecular weight excluding hydrogens is 536 g/mol. The van der Waals surface area contributed by atoms with E-state index >= 15 is 0 Å². The van der Waals surface area contributed by atoms with E-state index in [4.69, 9.17) is 11.6 Å². The zero-order valence-electron chi connectivity index (χ0n) is 18.3. The van der Waals surface area contributed by atoms with Crippen LogP contribution < -0.4 is 10.6 Å². The Morgan fingerprint density at radius 3 is 2.19 bits per heavy atom. The lowest BCUT2D eigenvalue weighted by molar-refractivity contribution is -0.156. The van der Waals surface area contributed by atoms with Crippen molar-refractivity contribution in [2.45, 2.75) is 24.7 Å². The van der Waals surface area contributed by atoms with Crippen molar-refractivity contribution in [3.05, 3.63) is 94.0 Å². The number of carbonyl (C=O) groups is 2. The molecule has 0 fully saturated rings. The molecule has 3 rings (SSSR count). The maximum Gasteiger partial charge on any atom is 0.416 e. The van der Waals surface area contributed by atoms with Crippen LogP contribution in [0.2, 0.25) is 5.02 Å². The van der Waals surface area contributed by atoms with E-state index in [1.165, 1.54) is 6.07 Å². The van der Waals surface area contributed by atoms with Gasteiger partial charge in [-0.25, -0.2) is 8.78 Å². The first-order chi connectivity index (χ1) is 17.1. The van der Waals surface area contributed by atoms with Crippen LogP contribution in [-0.2, 0) is 11.0 Å². The van der Waals surface area contributed by atoms with E-state index in [1.54, 1.807) is 0 Å². The second-order valence-electron chi connectivity index (χ2n) is 7.74. The SMILES string of the molecule is O=C(C[C@@H](c1cccc(C(F)(F)F)c1)C(F)(F)F)Nc1ccc(Cl)c(C(=O)Nc2ccc(F)cc2F)c1. The number of halogens is 9. The minimum atomic E-state index is -5.05. The molecule has 0 saturated heterocycles. The van der Waals surface area contributed by atoms with Gasteiger partial charge in [-0.05, 0) is 42.0 Å². The third kappa shape index (κ3) is 7.19. The summed E-state index contributed by atoms with van der Waals surface area (Å²) >= 11 is 5.97. The topological polar surface area (TPSA) is 58.2 Å². The van der Waals surface area contributed by atoms with Crippen molar-refractivity contribution < 1.29 is 44.7 Å². The van der Waals surface area contributed by atoms with E-state index < -0.39 is 59.3 Å². The van der Waals surface area contributed by atoms with Gasteiger partial charge in [0.15, 0.2) is 0 Å². The predicted octanol–water partition coefficient (Wildman–Crippen LogP) is 7.56. The van der Waals surface area contributed by atoms with Gasteiger partial charge < -0.3 is 10.6 Å². The van der Waals surface area contributed by atoms with Gasteiger partial charge in [0.1, 0.15) is 11.6 Å². The number of amides is 2. The third-order valence-corrected chi connectivity index (χ3v) is 5.40. The van der Waals surface area contributed by atoms with Crippen molar-refractivity contribution in [3.8, 4) is 0 Å². The van der Waals surface area contributed by atoms with Crippen molar-refractivity contribution >= 4 is 34.8 Å². The molecule has 0 saturated carbocycles. The Bertz CT molecular complexity index is 1320. The maximum atomic E-state index is 13.8. The highest BCUT2D eigenvalue weighted by molar-refractivity contribution is 6.34. The molecule has 0 spiro atoms. The lowest BCUT2D eigenvalue weighted by Crippen LogP contribution is -2.26. The summed E-state index contributed by atoms with van der Waals surface area (Å²) in [5.41, 5.74) is -2.90. The molecule has 2 amide bonds. The van der Waals surface area contributed by atoms with Crippen LogP contribution in [0.4, 0.5) is 46.5 Å². The molecule has 37 heavy (non-hydrogen) atoms. The van der Waals surface area contributed by atoms with Gasteiger partial charge in [-0.15, -0.1) is 0 Å². The summed E-state index contributed by atoms with van der Waals surface area (Å²) in [7, 11) is 0. The molecule has 0 radical (unpaired) electrons. The zero-order valence-corrected chi connectivity index (χ0v) is 19.0. The summed E-state index contributed by atoms with van der Waals surface area (Å²) in [6.45, 7) is 0. The number of carbonyl (C=O) groups excluding carboxylic acids is 2. The number of anilines is 2. The molecule has 196 valence electrons. The number of rotatable bonds is 6. The van der Waals surface area contributed by atoms with Crippen LogP contribution in [0, 0.1) is 11.6 Å². The first-order valence-corrected chi connectivity index (χ1v) is 10.6. The van der Waals surface area contributed by atoms with E-state index in [0.717, 1.165) is 36.4 Å². The van der Waals surface area contributed by atoms with Crippen molar-refractivity contribution in [1.82, 2.24) is 0 Å². The van der Waals surface area contributed by atoms with E-state index in [1.807, 2.05) is 0 Å². The fourth-order valence-electron chi connectivity index (χ4n) is 3.31. The minimum Gasteiger partial charge on any atom is -0.326 e. The molecule has 0 aliphatic heterocycles. The Kier molecular flexibility index (Phi) is 8.11. The highest BCUT2D eigenvalue weighted by Gasteiger charge is 2.43. The first kappa shape index (κ1) is 27.9. The zero-order chi connectivity index (χ0) is 27.5. The van der Waals surface area contributed by atoms with Gasteiger partial charge in [-0.1, -0.05) is 29.8 Å². The van der Waals surface area contributed by atoms with Crippen LogP contribution in [0.3, 0.4) is 0 Å². The lowest BCUT2D eigenvalue weighted by Gasteiger charge is -2.21. The largest absolute Gasteiger partial charge is 0.416 e. The molecule has 0 aliphatic carbocycles.